The van der Waals surface area contributed by atoms with Gasteiger partial charge in [0.25, 0.3) is 0 Å². The van der Waals surface area contributed by atoms with Gasteiger partial charge in [-0.2, -0.15) is 0 Å². The summed E-state index contributed by atoms with van der Waals surface area (Å²) in [6.07, 6.45) is 13.3. The number of aryl methyl sites for hydroxylation is 1. The van der Waals surface area contributed by atoms with Crippen LogP contribution in [0.4, 0.5) is 0 Å². The summed E-state index contributed by atoms with van der Waals surface area (Å²) < 4.78 is 0. The van der Waals surface area contributed by atoms with E-state index < -0.39 is 0 Å². The molecule has 2 N–H and O–H groups in total. The third-order valence-corrected chi connectivity index (χ3v) is 3.25. The van der Waals surface area contributed by atoms with Crippen LogP contribution in [0.25, 0.3) is 0 Å². The lowest BCUT2D eigenvalue weighted by molar-refractivity contribution is 0.447. The van der Waals surface area contributed by atoms with E-state index in [9.17, 15) is 0 Å². The molecule has 2 aromatic heterocycles. The maximum atomic E-state index is 4.06. The molecule has 0 amide bonds. The van der Waals surface area contributed by atoms with Crippen LogP contribution in [0.2, 0.25) is 0 Å². The average Bonchev–Trinajstić information content (AvgIpc) is 3.00. The van der Waals surface area contributed by atoms with Crippen LogP contribution in [-0.4, -0.2) is 19.9 Å². The molecule has 17 heavy (non-hydrogen) atoms. The quantitative estimate of drug-likeness (QED) is 0.771. The Labute approximate surface area is 102 Å². The van der Waals surface area contributed by atoms with Crippen molar-refractivity contribution >= 4 is 0 Å². The Morgan fingerprint density at radius 1 is 1.12 bits per heavy atom. The van der Waals surface area contributed by atoms with Gasteiger partial charge in [-0.25, -0.2) is 9.97 Å². The molecule has 4 heteroatoms. The third-order valence-electron chi connectivity index (χ3n) is 3.25. The van der Waals surface area contributed by atoms with E-state index in [0.29, 0.717) is 0 Å². The lowest BCUT2D eigenvalue weighted by atomic mass is 9.94. The number of nitrogens with one attached hydrogen (secondary N) is 2. The molecule has 0 aliphatic carbocycles. The Kier molecular flexibility index (Phi) is 4.36. The van der Waals surface area contributed by atoms with Crippen LogP contribution in [0.3, 0.4) is 0 Å². The molecule has 1 unspecified atom stereocenters. The highest BCUT2D eigenvalue weighted by molar-refractivity contribution is 4.96. The molecule has 1 atom stereocenters. The standard InChI is InChI=1S/C13H20N4/c1-2-11(6-13-8-15-10-17-13)4-3-5-12-7-14-9-16-12/h7-11H,2-6H2,1H3,(H,14,16)(H,15,17). The van der Waals surface area contributed by atoms with Crippen molar-refractivity contribution in [3.8, 4) is 0 Å². The van der Waals surface area contributed by atoms with Gasteiger partial charge in [-0.3, -0.25) is 0 Å². The number of nitrogens with zero attached hydrogens (tertiary/aromatic N) is 2. The summed E-state index contributed by atoms with van der Waals surface area (Å²) in [4.78, 5) is 14.4. The zero-order valence-corrected chi connectivity index (χ0v) is 10.3. The first-order valence-corrected chi connectivity index (χ1v) is 6.33. The lowest BCUT2D eigenvalue weighted by Gasteiger charge is -2.13. The highest BCUT2D eigenvalue weighted by atomic mass is 14.9. The van der Waals surface area contributed by atoms with Crippen LogP contribution < -0.4 is 0 Å². The molecule has 0 fully saturated rings. The fourth-order valence-corrected chi connectivity index (χ4v) is 2.16. The van der Waals surface area contributed by atoms with Crippen molar-refractivity contribution < 1.29 is 0 Å². The monoisotopic (exact) mass is 232 g/mol. The molecular weight excluding hydrogens is 212 g/mol. The fourth-order valence-electron chi connectivity index (χ4n) is 2.16. The largest absolute Gasteiger partial charge is 0.348 e. The zero-order valence-electron chi connectivity index (χ0n) is 10.3. The van der Waals surface area contributed by atoms with Gasteiger partial charge in [0, 0.05) is 23.8 Å². The van der Waals surface area contributed by atoms with Gasteiger partial charge < -0.3 is 9.97 Å². The van der Waals surface area contributed by atoms with Gasteiger partial charge in [-0.1, -0.05) is 13.3 Å². The second kappa shape index (κ2) is 6.23. The molecule has 2 aromatic rings. The van der Waals surface area contributed by atoms with Gasteiger partial charge in [0.05, 0.1) is 12.7 Å². The topological polar surface area (TPSA) is 57.4 Å². The van der Waals surface area contributed by atoms with E-state index in [0.717, 1.165) is 18.8 Å². The van der Waals surface area contributed by atoms with Crippen LogP contribution in [-0.2, 0) is 12.8 Å². The molecule has 0 aromatic carbocycles. The van der Waals surface area contributed by atoms with Gasteiger partial charge in [0.1, 0.15) is 0 Å². The Balaban J connectivity index is 1.72. The SMILES string of the molecule is CCC(CCCc1cnc[nH]1)Cc1cnc[nH]1. The Hall–Kier alpha value is -1.58. The normalized spacial score (nSPS) is 12.8. The Morgan fingerprint density at radius 2 is 1.82 bits per heavy atom. The first-order valence-electron chi connectivity index (χ1n) is 6.33. The predicted molar refractivity (Wildman–Crippen MR) is 67.6 cm³/mol. The number of imidazole rings is 2. The molecule has 2 heterocycles. The van der Waals surface area contributed by atoms with Crippen molar-refractivity contribution in [1.29, 1.82) is 0 Å². The predicted octanol–water partition coefficient (Wildman–Crippen LogP) is 2.72. The van der Waals surface area contributed by atoms with Crippen molar-refractivity contribution in [3.05, 3.63) is 36.4 Å². The number of rotatable bonds is 7. The highest BCUT2D eigenvalue weighted by Crippen LogP contribution is 2.17. The number of aromatic nitrogens is 4. The van der Waals surface area contributed by atoms with Crippen LogP contribution in [0.15, 0.2) is 25.0 Å². The van der Waals surface area contributed by atoms with Crippen molar-refractivity contribution in [1.82, 2.24) is 19.9 Å². The van der Waals surface area contributed by atoms with E-state index in [4.69, 9.17) is 0 Å². The van der Waals surface area contributed by atoms with Crippen LogP contribution >= 0.6 is 0 Å². The van der Waals surface area contributed by atoms with Crippen LogP contribution in [0, 0.1) is 5.92 Å². The van der Waals surface area contributed by atoms with E-state index >= 15 is 0 Å². The van der Waals surface area contributed by atoms with Gasteiger partial charge in [0.2, 0.25) is 0 Å². The fraction of sp³-hybridized carbons (Fsp3) is 0.538. The van der Waals surface area contributed by atoms with E-state index in [2.05, 4.69) is 26.9 Å². The molecule has 0 saturated heterocycles. The Morgan fingerprint density at radius 3 is 2.41 bits per heavy atom. The number of H-pyrrole nitrogens is 2. The number of hydrogen-bond acceptors (Lipinski definition) is 2. The molecule has 0 aliphatic rings. The molecular formula is C13H20N4. The Bertz CT molecular complexity index is 391. The molecule has 0 saturated carbocycles. The first-order chi connectivity index (χ1) is 8.38. The van der Waals surface area contributed by atoms with Crippen molar-refractivity contribution in [2.75, 3.05) is 0 Å². The van der Waals surface area contributed by atoms with E-state index in [1.54, 1.807) is 12.7 Å². The van der Waals surface area contributed by atoms with Gasteiger partial charge in [0.15, 0.2) is 0 Å². The zero-order chi connectivity index (χ0) is 11.9. The van der Waals surface area contributed by atoms with Gasteiger partial charge in [-0.15, -0.1) is 0 Å². The minimum absolute atomic E-state index is 0.748. The van der Waals surface area contributed by atoms with Crippen LogP contribution in [0.1, 0.15) is 37.6 Å². The number of aromatic amines is 2. The van der Waals surface area contributed by atoms with Crippen molar-refractivity contribution in [2.24, 2.45) is 5.92 Å². The second-order valence-electron chi connectivity index (χ2n) is 4.52. The molecule has 92 valence electrons. The van der Waals surface area contributed by atoms with E-state index in [1.165, 1.54) is 30.7 Å². The molecule has 0 bridgehead atoms. The highest BCUT2D eigenvalue weighted by Gasteiger charge is 2.08. The second-order valence-corrected chi connectivity index (χ2v) is 4.52. The van der Waals surface area contributed by atoms with E-state index in [-0.39, 0.29) is 0 Å². The maximum Gasteiger partial charge on any atom is 0.0921 e. The summed E-state index contributed by atoms with van der Waals surface area (Å²) in [5.41, 5.74) is 2.49. The van der Waals surface area contributed by atoms with E-state index in [1.807, 2.05) is 12.4 Å². The summed E-state index contributed by atoms with van der Waals surface area (Å²) in [5.74, 6) is 0.748. The lowest BCUT2D eigenvalue weighted by Crippen LogP contribution is -2.04. The van der Waals surface area contributed by atoms with Crippen molar-refractivity contribution in [2.45, 2.75) is 39.0 Å². The summed E-state index contributed by atoms with van der Waals surface area (Å²) in [6, 6.07) is 0. The minimum Gasteiger partial charge on any atom is -0.348 e. The molecule has 4 nitrogen and oxygen atoms in total. The summed E-state index contributed by atoms with van der Waals surface area (Å²) in [6.45, 7) is 2.26. The van der Waals surface area contributed by atoms with Crippen LogP contribution in [0.5, 0.6) is 0 Å². The minimum atomic E-state index is 0.748. The average molecular weight is 232 g/mol. The van der Waals surface area contributed by atoms with Gasteiger partial charge >= 0.3 is 0 Å². The molecule has 0 aliphatic heterocycles. The molecule has 0 spiro atoms. The molecule has 2 rings (SSSR count). The smallest absolute Gasteiger partial charge is 0.0921 e. The van der Waals surface area contributed by atoms with Gasteiger partial charge in [-0.05, 0) is 31.6 Å². The summed E-state index contributed by atoms with van der Waals surface area (Å²) >= 11 is 0. The summed E-state index contributed by atoms with van der Waals surface area (Å²) in [7, 11) is 0. The van der Waals surface area contributed by atoms with Crippen molar-refractivity contribution in [3.63, 3.8) is 0 Å². The first kappa shape index (κ1) is 11.9. The number of hydrogen-bond donors (Lipinski definition) is 2. The molecule has 0 radical (unpaired) electrons. The maximum absolute atomic E-state index is 4.06. The third kappa shape index (κ3) is 3.73. The summed E-state index contributed by atoms with van der Waals surface area (Å²) in [5, 5.41) is 0.